The van der Waals surface area contributed by atoms with Crippen molar-refractivity contribution in [3.05, 3.63) is 100 Å². The maximum atomic E-state index is 12.6. The molecule has 0 aliphatic carbocycles. The fraction of sp³-hybridized carbons (Fsp3) is 0.0833. The fourth-order valence-electron chi connectivity index (χ4n) is 3.03. The van der Waals surface area contributed by atoms with Crippen LogP contribution in [0.2, 0.25) is 0 Å². The molecule has 0 saturated heterocycles. The van der Waals surface area contributed by atoms with Gasteiger partial charge in [-0.3, -0.25) is 4.79 Å². The number of ether oxygens (including phenoxy) is 1. The average Bonchev–Trinajstić information content (AvgIpc) is 3.24. The normalized spacial score (nSPS) is 10.6. The molecule has 0 unspecified atom stereocenters. The number of Topliss-reactive ketones (excluding diaryl/α,β-unsaturated/α-hetero) is 1. The standard InChI is InChI=1S/C24H18BrN3O3/c1-16-6-5-7-18(14-16)23-26-22(27-28(23)20-8-3-2-4-9-20)24(30)31-15-21(29)17-10-12-19(25)13-11-17/h2-14H,15H2,1H3. The number of carbonyl (C=O) groups excluding carboxylic acids is 2. The van der Waals surface area contributed by atoms with Gasteiger partial charge in [-0.05, 0) is 37.3 Å². The largest absolute Gasteiger partial charge is 0.451 e. The van der Waals surface area contributed by atoms with Crippen LogP contribution in [0.1, 0.15) is 26.5 Å². The van der Waals surface area contributed by atoms with Crippen molar-refractivity contribution in [1.82, 2.24) is 14.8 Å². The summed E-state index contributed by atoms with van der Waals surface area (Å²) in [4.78, 5) is 29.3. The number of benzene rings is 3. The van der Waals surface area contributed by atoms with E-state index < -0.39 is 5.97 Å². The van der Waals surface area contributed by atoms with E-state index in [1.807, 2.05) is 61.5 Å². The van der Waals surface area contributed by atoms with Crippen LogP contribution in [-0.4, -0.2) is 33.1 Å². The van der Waals surface area contributed by atoms with E-state index in [4.69, 9.17) is 4.74 Å². The van der Waals surface area contributed by atoms with Gasteiger partial charge in [-0.1, -0.05) is 70.0 Å². The molecule has 0 bridgehead atoms. The third-order valence-electron chi connectivity index (χ3n) is 4.57. The van der Waals surface area contributed by atoms with Crippen LogP contribution >= 0.6 is 15.9 Å². The first kappa shape index (κ1) is 20.7. The Morgan fingerprint density at radius 3 is 2.42 bits per heavy atom. The number of nitrogens with zero attached hydrogens (tertiary/aromatic N) is 3. The van der Waals surface area contributed by atoms with E-state index in [9.17, 15) is 9.59 Å². The number of hydrogen-bond donors (Lipinski definition) is 0. The molecule has 6 nitrogen and oxygen atoms in total. The Morgan fingerprint density at radius 2 is 1.71 bits per heavy atom. The van der Waals surface area contributed by atoms with Gasteiger partial charge in [0.25, 0.3) is 5.82 Å². The Bertz CT molecular complexity index is 1230. The average molecular weight is 476 g/mol. The molecule has 31 heavy (non-hydrogen) atoms. The number of aryl methyl sites for hydroxylation is 1. The van der Waals surface area contributed by atoms with Gasteiger partial charge in [0.2, 0.25) is 0 Å². The lowest BCUT2D eigenvalue weighted by atomic mass is 10.1. The van der Waals surface area contributed by atoms with Crippen LogP contribution < -0.4 is 0 Å². The summed E-state index contributed by atoms with van der Waals surface area (Å²) in [6.45, 7) is 1.59. The molecule has 0 spiro atoms. The highest BCUT2D eigenvalue weighted by Crippen LogP contribution is 2.22. The van der Waals surface area contributed by atoms with Crippen molar-refractivity contribution in [2.75, 3.05) is 6.61 Å². The van der Waals surface area contributed by atoms with Gasteiger partial charge in [0.05, 0.1) is 5.69 Å². The number of aromatic nitrogens is 3. The van der Waals surface area contributed by atoms with Crippen molar-refractivity contribution >= 4 is 27.7 Å². The van der Waals surface area contributed by atoms with Crippen LogP contribution in [0, 0.1) is 6.92 Å². The molecule has 0 saturated carbocycles. The minimum Gasteiger partial charge on any atom is -0.451 e. The Kier molecular flexibility index (Phi) is 6.04. The van der Waals surface area contributed by atoms with Crippen LogP contribution in [0.25, 0.3) is 17.1 Å². The molecule has 154 valence electrons. The maximum absolute atomic E-state index is 12.6. The Labute approximate surface area is 187 Å². The summed E-state index contributed by atoms with van der Waals surface area (Å²) in [5.74, 6) is -0.652. The highest BCUT2D eigenvalue weighted by molar-refractivity contribution is 9.10. The Morgan fingerprint density at radius 1 is 0.968 bits per heavy atom. The molecular formula is C24H18BrN3O3. The molecule has 0 amide bonds. The van der Waals surface area contributed by atoms with E-state index in [-0.39, 0.29) is 18.2 Å². The van der Waals surface area contributed by atoms with Gasteiger partial charge in [0.15, 0.2) is 18.2 Å². The summed E-state index contributed by atoms with van der Waals surface area (Å²) in [7, 11) is 0. The summed E-state index contributed by atoms with van der Waals surface area (Å²) in [5.41, 5.74) is 3.10. The maximum Gasteiger partial charge on any atom is 0.378 e. The van der Waals surface area contributed by atoms with Crippen molar-refractivity contribution in [3.63, 3.8) is 0 Å². The Balaban J connectivity index is 1.60. The van der Waals surface area contributed by atoms with Crippen LogP contribution in [0.5, 0.6) is 0 Å². The molecule has 3 aromatic carbocycles. The lowest BCUT2D eigenvalue weighted by Gasteiger charge is -2.06. The molecule has 0 aliphatic heterocycles. The van der Waals surface area contributed by atoms with E-state index in [0.29, 0.717) is 11.4 Å². The highest BCUT2D eigenvalue weighted by Gasteiger charge is 2.21. The zero-order chi connectivity index (χ0) is 21.8. The summed E-state index contributed by atoms with van der Waals surface area (Å²) >= 11 is 3.32. The number of rotatable bonds is 6. The van der Waals surface area contributed by atoms with Gasteiger partial charge in [-0.2, -0.15) is 0 Å². The lowest BCUT2D eigenvalue weighted by molar-refractivity contribution is 0.0462. The van der Waals surface area contributed by atoms with E-state index in [1.165, 1.54) is 0 Å². The molecule has 1 aromatic heterocycles. The van der Waals surface area contributed by atoms with Gasteiger partial charge < -0.3 is 4.74 Å². The summed E-state index contributed by atoms with van der Waals surface area (Å²) < 4.78 is 7.66. The SMILES string of the molecule is Cc1cccc(-c2nc(C(=O)OCC(=O)c3ccc(Br)cc3)nn2-c2ccccc2)c1. The van der Waals surface area contributed by atoms with Crippen LogP contribution in [0.3, 0.4) is 0 Å². The van der Waals surface area contributed by atoms with Crippen LogP contribution in [-0.2, 0) is 4.74 Å². The Hall–Kier alpha value is -3.58. The number of para-hydroxylation sites is 1. The molecule has 0 atom stereocenters. The van der Waals surface area contributed by atoms with Crippen molar-refractivity contribution < 1.29 is 14.3 Å². The van der Waals surface area contributed by atoms with E-state index in [1.54, 1.807) is 28.9 Å². The van der Waals surface area contributed by atoms with Gasteiger partial charge in [-0.25, -0.2) is 14.5 Å². The fourth-order valence-corrected chi connectivity index (χ4v) is 3.30. The number of hydrogen-bond acceptors (Lipinski definition) is 5. The second kappa shape index (κ2) is 9.06. The topological polar surface area (TPSA) is 74.1 Å². The monoisotopic (exact) mass is 475 g/mol. The van der Waals surface area contributed by atoms with Gasteiger partial charge >= 0.3 is 5.97 Å². The second-order valence-electron chi connectivity index (χ2n) is 6.88. The first-order valence-corrected chi connectivity index (χ1v) is 10.4. The van der Waals surface area contributed by atoms with Gasteiger partial charge in [0, 0.05) is 15.6 Å². The predicted octanol–water partition coefficient (Wildman–Crippen LogP) is 5.04. The lowest BCUT2D eigenvalue weighted by Crippen LogP contribution is -2.15. The summed E-state index contributed by atoms with van der Waals surface area (Å²) in [5, 5.41) is 4.36. The summed E-state index contributed by atoms with van der Waals surface area (Å²) in [6.07, 6.45) is 0. The highest BCUT2D eigenvalue weighted by atomic mass is 79.9. The van der Waals surface area contributed by atoms with Gasteiger partial charge in [-0.15, -0.1) is 5.10 Å². The van der Waals surface area contributed by atoms with Crippen molar-refractivity contribution in [1.29, 1.82) is 0 Å². The third-order valence-corrected chi connectivity index (χ3v) is 5.10. The van der Waals surface area contributed by atoms with Crippen LogP contribution in [0.15, 0.2) is 83.3 Å². The molecule has 7 heteroatoms. The third kappa shape index (κ3) is 4.78. The first-order chi connectivity index (χ1) is 15.0. The van der Waals surface area contributed by atoms with Crippen molar-refractivity contribution in [3.8, 4) is 17.1 Å². The minimum atomic E-state index is -0.756. The molecular weight excluding hydrogens is 458 g/mol. The number of esters is 1. The van der Waals surface area contributed by atoms with Crippen LogP contribution in [0.4, 0.5) is 0 Å². The minimum absolute atomic E-state index is 0.107. The molecule has 0 radical (unpaired) electrons. The molecule has 4 aromatic rings. The van der Waals surface area contributed by atoms with Crippen molar-refractivity contribution in [2.45, 2.75) is 6.92 Å². The van der Waals surface area contributed by atoms with Gasteiger partial charge in [0.1, 0.15) is 0 Å². The quantitative estimate of drug-likeness (QED) is 0.288. The molecule has 1 heterocycles. The zero-order valence-corrected chi connectivity index (χ0v) is 18.2. The number of halogens is 1. The second-order valence-corrected chi connectivity index (χ2v) is 7.80. The number of ketones is 1. The first-order valence-electron chi connectivity index (χ1n) is 9.57. The molecule has 4 rings (SSSR count). The zero-order valence-electron chi connectivity index (χ0n) is 16.7. The summed E-state index contributed by atoms with van der Waals surface area (Å²) in [6, 6.07) is 24.0. The van der Waals surface area contributed by atoms with E-state index in [0.717, 1.165) is 21.3 Å². The molecule has 0 fully saturated rings. The predicted molar refractivity (Wildman–Crippen MR) is 120 cm³/mol. The molecule has 0 aliphatic rings. The smallest absolute Gasteiger partial charge is 0.378 e. The van der Waals surface area contributed by atoms with Crippen molar-refractivity contribution in [2.24, 2.45) is 0 Å². The number of carbonyl (C=O) groups is 2. The molecule has 0 N–H and O–H groups in total. The van der Waals surface area contributed by atoms with E-state index in [2.05, 4.69) is 26.0 Å². The van der Waals surface area contributed by atoms with E-state index >= 15 is 0 Å².